The number of carbonyl (C=O) groups is 1. The highest BCUT2D eigenvalue weighted by Gasteiger charge is 2.23. The molecule has 1 unspecified atom stereocenters. The first-order chi connectivity index (χ1) is 9.94. The number of hydrogen-bond acceptors (Lipinski definition) is 3. The average molecular weight is 295 g/mol. The number of piperazine rings is 1. The fourth-order valence-electron chi connectivity index (χ4n) is 3.16. The molecule has 2 heterocycles. The van der Waals surface area contributed by atoms with Gasteiger partial charge < -0.3 is 10.2 Å². The van der Waals surface area contributed by atoms with Crippen molar-refractivity contribution >= 4 is 5.91 Å². The predicted octanol–water partition coefficient (Wildman–Crippen LogP) is 1.96. The molecule has 0 aromatic carbocycles. The van der Waals surface area contributed by atoms with E-state index in [1.807, 2.05) is 0 Å². The van der Waals surface area contributed by atoms with Gasteiger partial charge in [0, 0.05) is 32.6 Å². The lowest BCUT2D eigenvalue weighted by molar-refractivity contribution is -0.133. The smallest absolute Gasteiger partial charge is 0.222 e. The molecule has 2 rings (SSSR count). The number of amides is 1. The summed E-state index contributed by atoms with van der Waals surface area (Å²) in [4.78, 5) is 16.9. The van der Waals surface area contributed by atoms with Gasteiger partial charge in [0.15, 0.2) is 0 Å². The van der Waals surface area contributed by atoms with Gasteiger partial charge in [-0.2, -0.15) is 0 Å². The van der Waals surface area contributed by atoms with Crippen LogP contribution in [0, 0.1) is 11.3 Å². The van der Waals surface area contributed by atoms with Crippen molar-refractivity contribution in [3.8, 4) is 0 Å². The third kappa shape index (κ3) is 5.95. The molecule has 0 bridgehead atoms. The fraction of sp³-hybridized carbons (Fsp3) is 0.941. The first kappa shape index (κ1) is 16.8. The molecule has 4 nitrogen and oxygen atoms in total. The highest BCUT2D eigenvalue weighted by molar-refractivity contribution is 5.76. The SMILES string of the molecule is CC(C)(C)CCN1CCN(C(=O)CCC2CCNC2)CC1. The van der Waals surface area contributed by atoms with Crippen molar-refractivity contribution in [3.63, 3.8) is 0 Å². The molecular weight excluding hydrogens is 262 g/mol. The molecule has 0 radical (unpaired) electrons. The molecule has 0 aromatic heterocycles. The molecule has 0 aromatic rings. The van der Waals surface area contributed by atoms with Gasteiger partial charge in [-0.15, -0.1) is 0 Å². The zero-order valence-corrected chi connectivity index (χ0v) is 14.2. The van der Waals surface area contributed by atoms with E-state index < -0.39 is 0 Å². The van der Waals surface area contributed by atoms with Crippen LogP contribution in [-0.4, -0.2) is 61.5 Å². The van der Waals surface area contributed by atoms with Gasteiger partial charge in [-0.05, 0) is 50.2 Å². The standard InChI is InChI=1S/C17H33N3O/c1-17(2,3)7-9-19-10-12-20(13-11-19)16(21)5-4-15-6-8-18-14-15/h15,18H,4-14H2,1-3H3. The summed E-state index contributed by atoms with van der Waals surface area (Å²) in [6, 6.07) is 0. The number of nitrogens with one attached hydrogen (secondary N) is 1. The Hall–Kier alpha value is -0.610. The van der Waals surface area contributed by atoms with E-state index in [9.17, 15) is 4.79 Å². The molecule has 1 N–H and O–H groups in total. The van der Waals surface area contributed by atoms with E-state index >= 15 is 0 Å². The topological polar surface area (TPSA) is 35.6 Å². The van der Waals surface area contributed by atoms with E-state index in [1.165, 1.54) is 19.4 Å². The van der Waals surface area contributed by atoms with Crippen molar-refractivity contribution in [2.45, 2.75) is 46.5 Å². The van der Waals surface area contributed by atoms with Gasteiger partial charge in [0.25, 0.3) is 0 Å². The van der Waals surface area contributed by atoms with Gasteiger partial charge in [-0.1, -0.05) is 20.8 Å². The van der Waals surface area contributed by atoms with Crippen LogP contribution in [0.3, 0.4) is 0 Å². The van der Waals surface area contributed by atoms with Crippen molar-refractivity contribution < 1.29 is 4.79 Å². The Morgan fingerprint density at radius 3 is 2.48 bits per heavy atom. The molecular formula is C17H33N3O. The first-order valence-corrected chi connectivity index (χ1v) is 8.65. The average Bonchev–Trinajstić information content (AvgIpc) is 2.95. The first-order valence-electron chi connectivity index (χ1n) is 8.65. The second kappa shape index (κ2) is 7.59. The van der Waals surface area contributed by atoms with Crippen molar-refractivity contribution in [2.24, 2.45) is 11.3 Å². The van der Waals surface area contributed by atoms with Crippen LogP contribution in [0.5, 0.6) is 0 Å². The van der Waals surface area contributed by atoms with Crippen molar-refractivity contribution in [1.29, 1.82) is 0 Å². The number of hydrogen-bond donors (Lipinski definition) is 1. The third-order valence-corrected chi connectivity index (χ3v) is 4.83. The van der Waals surface area contributed by atoms with E-state index in [1.54, 1.807) is 0 Å². The van der Waals surface area contributed by atoms with Gasteiger partial charge in [0.05, 0.1) is 0 Å². The molecule has 1 atom stereocenters. The minimum atomic E-state index is 0.373. The van der Waals surface area contributed by atoms with Gasteiger partial charge >= 0.3 is 0 Å². The number of nitrogens with zero attached hydrogens (tertiary/aromatic N) is 2. The molecule has 122 valence electrons. The van der Waals surface area contributed by atoms with Crippen molar-refractivity contribution in [3.05, 3.63) is 0 Å². The number of carbonyl (C=O) groups excluding carboxylic acids is 1. The maximum absolute atomic E-state index is 12.3. The molecule has 2 saturated heterocycles. The van der Waals surface area contributed by atoms with Crippen LogP contribution < -0.4 is 5.32 Å². The zero-order chi connectivity index (χ0) is 15.3. The summed E-state index contributed by atoms with van der Waals surface area (Å²) in [5.74, 6) is 1.10. The molecule has 4 heteroatoms. The third-order valence-electron chi connectivity index (χ3n) is 4.83. The molecule has 0 spiro atoms. The summed E-state index contributed by atoms with van der Waals surface area (Å²) in [7, 11) is 0. The van der Waals surface area contributed by atoms with Gasteiger partial charge in [-0.3, -0.25) is 9.69 Å². The normalized spacial score (nSPS) is 24.5. The maximum atomic E-state index is 12.3. The molecule has 0 aliphatic carbocycles. The van der Waals surface area contributed by atoms with Gasteiger partial charge in [-0.25, -0.2) is 0 Å². The summed E-state index contributed by atoms with van der Waals surface area (Å²) in [5, 5.41) is 3.38. The minimum Gasteiger partial charge on any atom is -0.340 e. The Labute approximate surface area is 130 Å². The number of rotatable bonds is 5. The summed E-state index contributed by atoms with van der Waals surface area (Å²) in [5.41, 5.74) is 0.405. The zero-order valence-electron chi connectivity index (χ0n) is 14.2. The quantitative estimate of drug-likeness (QED) is 0.842. The van der Waals surface area contributed by atoms with Crippen molar-refractivity contribution in [2.75, 3.05) is 45.8 Å². The molecule has 2 aliphatic rings. The fourth-order valence-corrected chi connectivity index (χ4v) is 3.16. The van der Waals surface area contributed by atoms with E-state index in [2.05, 4.69) is 35.9 Å². The Balaban J connectivity index is 1.62. The second-order valence-electron chi connectivity index (χ2n) is 7.93. The van der Waals surface area contributed by atoms with E-state index in [4.69, 9.17) is 0 Å². The second-order valence-corrected chi connectivity index (χ2v) is 7.93. The highest BCUT2D eigenvalue weighted by Crippen LogP contribution is 2.20. The molecule has 1 amide bonds. The lowest BCUT2D eigenvalue weighted by atomic mass is 9.92. The van der Waals surface area contributed by atoms with Crippen LogP contribution in [0.15, 0.2) is 0 Å². The van der Waals surface area contributed by atoms with Crippen LogP contribution in [0.1, 0.15) is 46.5 Å². The molecule has 0 saturated carbocycles. The molecule has 2 aliphatic heterocycles. The Kier molecular flexibility index (Phi) is 6.06. The van der Waals surface area contributed by atoms with Crippen LogP contribution >= 0.6 is 0 Å². The highest BCUT2D eigenvalue weighted by atomic mass is 16.2. The van der Waals surface area contributed by atoms with Crippen LogP contribution in [0.4, 0.5) is 0 Å². The van der Waals surface area contributed by atoms with E-state index in [0.717, 1.165) is 58.0 Å². The Bertz CT molecular complexity index is 323. The lowest BCUT2D eigenvalue weighted by Gasteiger charge is -2.36. The predicted molar refractivity (Wildman–Crippen MR) is 87.3 cm³/mol. The summed E-state index contributed by atoms with van der Waals surface area (Å²) < 4.78 is 0. The van der Waals surface area contributed by atoms with Crippen LogP contribution in [0.2, 0.25) is 0 Å². The van der Waals surface area contributed by atoms with E-state index in [0.29, 0.717) is 11.3 Å². The van der Waals surface area contributed by atoms with Gasteiger partial charge in [0.1, 0.15) is 0 Å². The van der Waals surface area contributed by atoms with Crippen LogP contribution in [0.25, 0.3) is 0 Å². The Morgan fingerprint density at radius 1 is 1.19 bits per heavy atom. The van der Waals surface area contributed by atoms with Gasteiger partial charge in [0.2, 0.25) is 5.91 Å². The summed E-state index contributed by atoms with van der Waals surface area (Å²) in [6.45, 7) is 14.2. The van der Waals surface area contributed by atoms with E-state index in [-0.39, 0.29) is 0 Å². The Morgan fingerprint density at radius 2 is 1.90 bits per heavy atom. The summed E-state index contributed by atoms with van der Waals surface area (Å²) >= 11 is 0. The lowest BCUT2D eigenvalue weighted by Crippen LogP contribution is -2.49. The molecule has 21 heavy (non-hydrogen) atoms. The largest absolute Gasteiger partial charge is 0.340 e. The molecule has 2 fully saturated rings. The summed E-state index contributed by atoms with van der Waals surface area (Å²) in [6.07, 6.45) is 4.29. The van der Waals surface area contributed by atoms with Crippen molar-refractivity contribution in [1.82, 2.24) is 15.1 Å². The minimum absolute atomic E-state index is 0.373. The maximum Gasteiger partial charge on any atom is 0.222 e. The van der Waals surface area contributed by atoms with Crippen LogP contribution in [-0.2, 0) is 4.79 Å². The monoisotopic (exact) mass is 295 g/mol.